The van der Waals surface area contributed by atoms with Crippen LogP contribution in [-0.4, -0.2) is 40.9 Å². The first-order valence-corrected chi connectivity index (χ1v) is 11.2. The summed E-state index contributed by atoms with van der Waals surface area (Å²) in [4.78, 5) is 34.1. The van der Waals surface area contributed by atoms with Gasteiger partial charge in [0.15, 0.2) is 17.3 Å². The number of carbonyl (C=O) groups is 1. The van der Waals surface area contributed by atoms with Crippen molar-refractivity contribution in [2.45, 2.75) is 13.8 Å². The summed E-state index contributed by atoms with van der Waals surface area (Å²) in [7, 11) is 0. The van der Waals surface area contributed by atoms with Crippen LogP contribution in [0.25, 0.3) is 55.3 Å². The van der Waals surface area contributed by atoms with E-state index in [1.807, 2.05) is 19.1 Å². The van der Waals surface area contributed by atoms with Crippen molar-refractivity contribution >= 4 is 39.2 Å². The van der Waals surface area contributed by atoms with E-state index in [4.69, 9.17) is 4.98 Å². The van der Waals surface area contributed by atoms with Crippen molar-refractivity contribution in [3.8, 4) is 33.2 Å². The number of thiophene rings is 1. The summed E-state index contributed by atoms with van der Waals surface area (Å²) in [5.41, 5.74) is 4.53. The van der Waals surface area contributed by atoms with Gasteiger partial charge in [-0.1, -0.05) is 0 Å². The quantitative estimate of drug-likeness (QED) is 0.337. The van der Waals surface area contributed by atoms with E-state index >= 15 is 4.39 Å². The number of imidazole rings is 1. The van der Waals surface area contributed by atoms with E-state index in [9.17, 15) is 4.79 Å². The molecule has 8 nitrogen and oxygen atoms in total. The van der Waals surface area contributed by atoms with Gasteiger partial charge < -0.3 is 4.98 Å². The van der Waals surface area contributed by atoms with E-state index < -0.39 is 5.82 Å². The highest BCUT2D eigenvalue weighted by Gasteiger charge is 2.22. The van der Waals surface area contributed by atoms with Crippen LogP contribution < -0.4 is 0 Å². The monoisotopic (exact) mass is 469 g/mol. The third-order valence-corrected chi connectivity index (χ3v) is 6.87. The first-order chi connectivity index (χ1) is 16.5. The van der Waals surface area contributed by atoms with Crippen LogP contribution in [-0.2, 0) is 0 Å². The van der Waals surface area contributed by atoms with Gasteiger partial charge in [-0.25, -0.2) is 14.4 Å². The van der Waals surface area contributed by atoms with Crippen LogP contribution in [0.4, 0.5) is 4.39 Å². The number of nitrogens with zero attached hydrogens (tertiary/aromatic N) is 5. The van der Waals surface area contributed by atoms with Crippen molar-refractivity contribution in [3.05, 3.63) is 65.3 Å². The van der Waals surface area contributed by atoms with E-state index in [-0.39, 0.29) is 16.8 Å². The van der Waals surface area contributed by atoms with Gasteiger partial charge in [0.05, 0.1) is 20.7 Å². The summed E-state index contributed by atoms with van der Waals surface area (Å²) in [5, 5.41) is 7.30. The highest BCUT2D eigenvalue weighted by molar-refractivity contribution is 7.17. The Bertz CT molecular complexity index is 1730. The summed E-state index contributed by atoms with van der Waals surface area (Å²) in [6.07, 6.45) is 6.43. The van der Waals surface area contributed by atoms with Crippen molar-refractivity contribution in [1.82, 2.24) is 35.1 Å². The fourth-order valence-electron chi connectivity index (χ4n) is 3.94. The molecule has 0 spiro atoms. The Hall–Kier alpha value is -4.31. The maximum absolute atomic E-state index is 15.8. The maximum atomic E-state index is 15.8. The number of aromatic amines is 2. The molecule has 0 radical (unpaired) electrons. The molecule has 2 N–H and O–H groups in total. The topological polar surface area (TPSA) is 113 Å². The number of ketones is 1. The largest absolute Gasteiger partial charge is 0.337 e. The van der Waals surface area contributed by atoms with Gasteiger partial charge in [0.25, 0.3) is 0 Å². The number of nitrogens with one attached hydrogen (secondary N) is 2. The molecule has 10 heteroatoms. The number of pyridine rings is 3. The van der Waals surface area contributed by atoms with Crippen molar-refractivity contribution in [1.29, 1.82) is 0 Å². The molecular weight excluding hydrogens is 453 g/mol. The summed E-state index contributed by atoms with van der Waals surface area (Å²) < 4.78 is 15.8. The van der Waals surface area contributed by atoms with Crippen molar-refractivity contribution in [2.75, 3.05) is 0 Å². The van der Waals surface area contributed by atoms with Gasteiger partial charge in [0.2, 0.25) is 0 Å². The van der Waals surface area contributed by atoms with E-state index in [1.54, 1.807) is 30.7 Å². The lowest BCUT2D eigenvalue weighted by atomic mass is 10.0. The number of carbonyl (C=O) groups excluding carboxylic acids is 1. The molecule has 0 aromatic carbocycles. The van der Waals surface area contributed by atoms with Gasteiger partial charge in [-0.3, -0.25) is 19.9 Å². The van der Waals surface area contributed by atoms with Crippen LogP contribution in [0.5, 0.6) is 0 Å². The Balaban J connectivity index is 1.53. The Morgan fingerprint density at radius 3 is 2.74 bits per heavy atom. The minimum absolute atomic E-state index is 0.00213. The summed E-state index contributed by atoms with van der Waals surface area (Å²) in [6.45, 7) is 3.43. The number of halogens is 1. The van der Waals surface area contributed by atoms with Crippen LogP contribution in [0.3, 0.4) is 0 Å². The molecular formula is C24H16FN7OS. The molecule has 0 aliphatic rings. The molecule has 6 rings (SSSR count). The van der Waals surface area contributed by atoms with Crippen molar-refractivity contribution in [3.63, 3.8) is 0 Å². The fraction of sp³-hybridized carbons (Fsp3) is 0.0833. The van der Waals surface area contributed by atoms with E-state index in [0.29, 0.717) is 38.7 Å². The van der Waals surface area contributed by atoms with Gasteiger partial charge in [0.1, 0.15) is 22.7 Å². The number of hydrogen-bond acceptors (Lipinski definition) is 7. The highest BCUT2D eigenvalue weighted by atomic mass is 32.1. The third kappa shape index (κ3) is 3.11. The standard InChI is InChI=1S/C24H16FN7OS/c1-11-5-7-26-9-13(11)14-10-28-23-18(19(14)25)22(31-32-23)24-29-15-6-8-27-21(20(15)30-24)17-4-3-16(34-17)12(2)33/h3-10H,1-2H3,(H,29,30)(H,28,31,32). The van der Waals surface area contributed by atoms with Crippen LogP contribution in [0.2, 0.25) is 0 Å². The SMILES string of the molecule is CC(=O)c1ccc(-c2nccc3[nH]c(-c4[nH]nc5ncc(-c6cnccc6C)c(F)c45)nc23)s1. The van der Waals surface area contributed by atoms with Gasteiger partial charge in [-0.2, -0.15) is 5.10 Å². The number of rotatable bonds is 4. The Morgan fingerprint density at radius 2 is 1.94 bits per heavy atom. The van der Waals surface area contributed by atoms with Gasteiger partial charge in [-0.05, 0) is 43.7 Å². The number of Topliss-reactive ketones (excluding diaryl/α,β-unsaturated/α-hetero) is 1. The first kappa shape index (κ1) is 20.3. The van der Waals surface area contributed by atoms with Crippen LogP contribution >= 0.6 is 11.3 Å². The molecule has 6 aromatic rings. The number of fused-ring (bicyclic) bond motifs is 2. The predicted octanol–water partition coefficient (Wildman–Crippen LogP) is 5.34. The number of aromatic nitrogens is 7. The lowest BCUT2D eigenvalue weighted by molar-refractivity contribution is 0.102. The summed E-state index contributed by atoms with van der Waals surface area (Å²) in [5.74, 6) is -0.0402. The van der Waals surface area contributed by atoms with E-state index in [1.165, 1.54) is 24.5 Å². The van der Waals surface area contributed by atoms with Gasteiger partial charge in [-0.15, -0.1) is 11.3 Å². The smallest absolute Gasteiger partial charge is 0.184 e. The molecule has 0 bridgehead atoms. The average Bonchev–Trinajstić information content (AvgIpc) is 3.57. The predicted molar refractivity (Wildman–Crippen MR) is 128 cm³/mol. The van der Waals surface area contributed by atoms with Crippen LogP contribution in [0.15, 0.2) is 49.1 Å². The molecule has 0 fully saturated rings. The third-order valence-electron chi connectivity index (χ3n) is 5.67. The number of hydrogen-bond donors (Lipinski definition) is 2. The Morgan fingerprint density at radius 1 is 1.06 bits per heavy atom. The summed E-state index contributed by atoms with van der Waals surface area (Å²) in [6, 6.07) is 7.26. The van der Waals surface area contributed by atoms with E-state index in [0.717, 1.165) is 16.0 Å². The molecule has 0 aliphatic heterocycles. The number of aryl methyl sites for hydroxylation is 1. The zero-order chi connectivity index (χ0) is 23.4. The fourth-order valence-corrected chi connectivity index (χ4v) is 4.84. The second-order valence-corrected chi connectivity index (χ2v) is 8.92. The molecule has 0 unspecified atom stereocenters. The lowest BCUT2D eigenvalue weighted by Gasteiger charge is -2.06. The molecule has 0 aliphatic carbocycles. The summed E-state index contributed by atoms with van der Waals surface area (Å²) >= 11 is 1.36. The zero-order valence-electron chi connectivity index (χ0n) is 18.0. The Kier molecular flexibility index (Phi) is 4.56. The number of H-pyrrole nitrogens is 2. The van der Waals surface area contributed by atoms with Gasteiger partial charge >= 0.3 is 0 Å². The minimum Gasteiger partial charge on any atom is -0.337 e. The van der Waals surface area contributed by atoms with Crippen molar-refractivity contribution < 1.29 is 9.18 Å². The normalized spacial score (nSPS) is 11.5. The zero-order valence-corrected chi connectivity index (χ0v) is 18.9. The molecule has 0 atom stereocenters. The molecule has 0 amide bonds. The second kappa shape index (κ2) is 7.63. The average molecular weight is 470 g/mol. The molecule has 6 aromatic heterocycles. The molecule has 166 valence electrons. The lowest BCUT2D eigenvalue weighted by Crippen LogP contribution is -1.93. The second-order valence-electron chi connectivity index (χ2n) is 7.83. The van der Waals surface area contributed by atoms with Crippen LogP contribution in [0, 0.1) is 12.7 Å². The van der Waals surface area contributed by atoms with E-state index in [2.05, 4.69) is 30.1 Å². The molecule has 6 heterocycles. The molecule has 0 saturated carbocycles. The van der Waals surface area contributed by atoms with Crippen LogP contribution in [0.1, 0.15) is 22.2 Å². The molecule has 34 heavy (non-hydrogen) atoms. The van der Waals surface area contributed by atoms with Gasteiger partial charge in [0, 0.05) is 35.9 Å². The van der Waals surface area contributed by atoms with Crippen molar-refractivity contribution in [2.24, 2.45) is 0 Å². The first-order valence-electron chi connectivity index (χ1n) is 10.4. The Labute approximate surface area is 196 Å². The molecule has 0 saturated heterocycles. The highest BCUT2D eigenvalue weighted by Crippen LogP contribution is 2.36. The maximum Gasteiger partial charge on any atom is 0.184 e. The minimum atomic E-state index is -0.451.